The third kappa shape index (κ3) is 6.69. The second kappa shape index (κ2) is 12.1. The Morgan fingerprint density at radius 3 is 2.56 bits per heavy atom. The number of benzene rings is 2. The lowest BCUT2D eigenvalue weighted by Gasteiger charge is -2.33. The number of hydrogen-bond donors (Lipinski definition) is 2. The summed E-state index contributed by atoms with van der Waals surface area (Å²) >= 11 is 1.06. The van der Waals surface area contributed by atoms with Gasteiger partial charge < -0.3 is 15.0 Å². The number of fused-ring (bicyclic) bond motifs is 2. The topological polar surface area (TPSA) is 90.0 Å². The van der Waals surface area contributed by atoms with Crippen LogP contribution >= 0.6 is 11.3 Å². The van der Waals surface area contributed by atoms with Crippen molar-refractivity contribution in [1.29, 1.82) is 5.26 Å². The second-order valence-corrected chi connectivity index (χ2v) is 13.4. The van der Waals surface area contributed by atoms with Gasteiger partial charge in [-0.15, -0.1) is 11.3 Å². The molecule has 1 atom stereocenters. The minimum atomic E-state index is -4.26. The zero-order valence-corrected chi connectivity index (χ0v) is 26.3. The van der Waals surface area contributed by atoms with Gasteiger partial charge in [-0.25, -0.2) is 9.97 Å². The number of aryl methyl sites for hydroxylation is 2. The average Bonchev–Trinajstić information content (AvgIpc) is 3.55. The fourth-order valence-corrected chi connectivity index (χ4v) is 7.34. The maximum absolute atomic E-state index is 12.9. The standard InChI is InChI=1S/C34H35F3N6OS/c1-21-5-4-6-24(13-21)33(3,44)19-43-26(17-38)14-28-22(2)23(7-8-30(28)43)18-42-11-9-25(10-12-42)41-31-29-15-27(16-34(35,36)37)45-32(29)40-20-39-31/h4-8,13-15,20,25,44H,9-12,16,18-19H2,1-3H3,(H,39,40,41). The molecule has 0 bridgehead atoms. The lowest BCUT2D eigenvalue weighted by Crippen LogP contribution is -2.39. The Morgan fingerprint density at radius 2 is 1.84 bits per heavy atom. The molecule has 234 valence electrons. The predicted octanol–water partition coefficient (Wildman–Crippen LogP) is 7.22. The Kier molecular flexibility index (Phi) is 8.33. The maximum atomic E-state index is 12.9. The van der Waals surface area contributed by atoms with Crippen molar-refractivity contribution in [2.24, 2.45) is 0 Å². The first-order chi connectivity index (χ1) is 21.4. The predicted molar refractivity (Wildman–Crippen MR) is 171 cm³/mol. The van der Waals surface area contributed by atoms with Crippen LogP contribution in [-0.4, -0.2) is 49.8 Å². The molecule has 11 heteroatoms. The fourth-order valence-electron chi connectivity index (χ4n) is 6.31. The van der Waals surface area contributed by atoms with Crippen LogP contribution < -0.4 is 5.32 Å². The number of nitriles is 1. The number of hydrogen-bond acceptors (Lipinski definition) is 7. The molecule has 2 aromatic carbocycles. The van der Waals surface area contributed by atoms with Gasteiger partial charge in [-0.1, -0.05) is 35.9 Å². The average molecular weight is 633 g/mol. The van der Waals surface area contributed by atoms with Gasteiger partial charge >= 0.3 is 6.18 Å². The summed E-state index contributed by atoms with van der Waals surface area (Å²) in [7, 11) is 0. The van der Waals surface area contributed by atoms with Gasteiger partial charge in [0.2, 0.25) is 0 Å². The van der Waals surface area contributed by atoms with E-state index >= 15 is 0 Å². The summed E-state index contributed by atoms with van der Waals surface area (Å²) in [5.74, 6) is 0.587. The lowest BCUT2D eigenvalue weighted by molar-refractivity contribution is -0.126. The summed E-state index contributed by atoms with van der Waals surface area (Å²) in [4.78, 5) is 11.7. The van der Waals surface area contributed by atoms with Crippen LogP contribution in [0.4, 0.5) is 19.0 Å². The maximum Gasteiger partial charge on any atom is 0.393 e. The van der Waals surface area contributed by atoms with Crippen LogP contribution in [0, 0.1) is 25.2 Å². The highest BCUT2D eigenvalue weighted by Crippen LogP contribution is 2.34. The first kappa shape index (κ1) is 31.0. The molecule has 7 nitrogen and oxygen atoms in total. The lowest BCUT2D eigenvalue weighted by atomic mass is 9.94. The number of thiophene rings is 1. The molecule has 0 radical (unpaired) electrons. The molecular formula is C34H35F3N6OS. The molecule has 1 aliphatic rings. The minimum Gasteiger partial charge on any atom is -0.384 e. The number of nitrogens with one attached hydrogen (secondary N) is 1. The van der Waals surface area contributed by atoms with E-state index < -0.39 is 18.2 Å². The number of halogens is 3. The van der Waals surface area contributed by atoms with E-state index in [1.54, 1.807) is 13.0 Å². The van der Waals surface area contributed by atoms with Crippen molar-refractivity contribution >= 4 is 38.3 Å². The quantitative estimate of drug-likeness (QED) is 0.188. The van der Waals surface area contributed by atoms with E-state index in [0.29, 0.717) is 21.7 Å². The molecule has 0 spiro atoms. The molecule has 6 rings (SSSR count). The number of aliphatic hydroxyl groups is 1. The van der Waals surface area contributed by atoms with Crippen molar-refractivity contribution in [2.45, 2.75) is 70.9 Å². The van der Waals surface area contributed by atoms with E-state index in [9.17, 15) is 23.5 Å². The molecule has 0 aliphatic carbocycles. The first-order valence-corrected chi connectivity index (χ1v) is 15.8. The van der Waals surface area contributed by atoms with Crippen molar-refractivity contribution in [3.63, 3.8) is 0 Å². The van der Waals surface area contributed by atoms with E-state index in [-0.39, 0.29) is 17.5 Å². The molecular weight excluding hydrogens is 597 g/mol. The molecule has 5 aromatic rings. The molecule has 0 saturated carbocycles. The van der Waals surface area contributed by atoms with Gasteiger partial charge in [-0.2, -0.15) is 18.4 Å². The van der Waals surface area contributed by atoms with Gasteiger partial charge in [0.05, 0.1) is 18.4 Å². The first-order valence-electron chi connectivity index (χ1n) is 15.0. The number of piperidine rings is 1. The number of anilines is 1. The highest BCUT2D eigenvalue weighted by Gasteiger charge is 2.30. The number of likely N-dealkylation sites (tertiary alicyclic amines) is 1. The Hall–Kier alpha value is -3.98. The Labute approximate surface area is 264 Å². The van der Waals surface area contributed by atoms with Crippen molar-refractivity contribution in [1.82, 2.24) is 19.4 Å². The van der Waals surface area contributed by atoms with Crippen LogP contribution in [0.2, 0.25) is 0 Å². The Morgan fingerprint density at radius 1 is 1.07 bits per heavy atom. The van der Waals surface area contributed by atoms with E-state index in [0.717, 1.165) is 71.4 Å². The summed E-state index contributed by atoms with van der Waals surface area (Å²) in [6.07, 6.45) is -2.08. The number of aromatic nitrogens is 3. The largest absolute Gasteiger partial charge is 0.393 e. The van der Waals surface area contributed by atoms with E-state index in [4.69, 9.17) is 0 Å². The molecule has 1 unspecified atom stereocenters. The van der Waals surface area contributed by atoms with Gasteiger partial charge in [0.25, 0.3) is 0 Å². The highest BCUT2D eigenvalue weighted by molar-refractivity contribution is 7.18. The van der Waals surface area contributed by atoms with E-state index in [2.05, 4.69) is 39.2 Å². The van der Waals surface area contributed by atoms with Crippen molar-refractivity contribution < 1.29 is 18.3 Å². The van der Waals surface area contributed by atoms with Crippen LogP contribution in [0.25, 0.3) is 21.1 Å². The van der Waals surface area contributed by atoms with Gasteiger partial charge in [-0.3, -0.25) is 4.90 Å². The van der Waals surface area contributed by atoms with Gasteiger partial charge in [-0.05, 0) is 68.5 Å². The third-order valence-corrected chi connectivity index (χ3v) is 9.81. The zero-order valence-electron chi connectivity index (χ0n) is 25.4. The number of nitrogens with zero attached hydrogens (tertiary/aromatic N) is 5. The van der Waals surface area contributed by atoms with Gasteiger partial charge in [0.1, 0.15) is 34.3 Å². The van der Waals surface area contributed by atoms with Crippen LogP contribution in [0.5, 0.6) is 0 Å². The van der Waals surface area contributed by atoms with Crippen molar-refractivity contribution in [3.05, 3.63) is 87.7 Å². The molecule has 1 fully saturated rings. The van der Waals surface area contributed by atoms with E-state index in [1.807, 2.05) is 47.9 Å². The van der Waals surface area contributed by atoms with Crippen molar-refractivity contribution in [3.8, 4) is 6.07 Å². The fraction of sp³-hybridized carbons (Fsp3) is 0.382. The van der Waals surface area contributed by atoms with Crippen LogP contribution in [0.3, 0.4) is 0 Å². The summed E-state index contributed by atoms with van der Waals surface area (Å²) < 4.78 is 40.7. The highest BCUT2D eigenvalue weighted by atomic mass is 32.1. The molecule has 2 N–H and O–H groups in total. The Bertz CT molecular complexity index is 1900. The van der Waals surface area contributed by atoms with Crippen LogP contribution in [0.15, 0.2) is 54.9 Å². The van der Waals surface area contributed by atoms with Gasteiger partial charge in [0, 0.05) is 41.5 Å². The summed E-state index contributed by atoms with van der Waals surface area (Å²) in [5.41, 5.74) is 4.47. The third-order valence-electron chi connectivity index (χ3n) is 8.76. The van der Waals surface area contributed by atoms with Crippen LogP contribution in [0.1, 0.15) is 52.6 Å². The summed E-state index contributed by atoms with van der Waals surface area (Å²) in [5, 5.41) is 26.5. The summed E-state index contributed by atoms with van der Waals surface area (Å²) in [6, 6.07) is 17.9. The molecule has 0 amide bonds. The molecule has 1 aliphatic heterocycles. The van der Waals surface area contributed by atoms with E-state index in [1.165, 1.54) is 11.9 Å². The summed E-state index contributed by atoms with van der Waals surface area (Å²) in [6.45, 7) is 8.61. The molecule has 3 aromatic heterocycles. The SMILES string of the molecule is Cc1cccc(C(C)(O)Cn2c(C#N)cc3c(C)c(CN4CCC(Nc5ncnc6sc(CC(F)(F)F)cc56)CC4)ccc32)c1. The molecule has 1 saturated heterocycles. The smallest absolute Gasteiger partial charge is 0.384 e. The Balaban J connectivity index is 1.13. The second-order valence-electron chi connectivity index (χ2n) is 12.3. The zero-order chi connectivity index (χ0) is 31.9. The number of rotatable bonds is 8. The number of alkyl halides is 3. The minimum absolute atomic E-state index is 0.155. The molecule has 45 heavy (non-hydrogen) atoms. The van der Waals surface area contributed by atoms with Crippen LogP contribution in [-0.2, 0) is 25.1 Å². The van der Waals surface area contributed by atoms with Gasteiger partial charge in [0.15, 0.2) is 0 Å². The van der Waals surface area contributed by atoms with Crippen molar-refractivity contribution in [2.75, 3.05) is 18.4 Å². The normalized spacial score (nSPS) is 16.2. The molecule has 4 heterocycles. The monoisotopic (exact) mass is 632 g/mol.